The van der Waals surface area contributed by atoms with Crippen LogP contribution in [0.2, 0.25) is 0 Å². The number of hydrogen-bond donors (Lipinski definition) is 2. The minimum absolute atomic E-state index is 0.192. The molecule has 0 radical (unpaired) electrons. The lowest BCUT2D eigenvalue weighted by Gasteiger charge is -2.08. The average Bonchev–Trinajstić information content (AvgIpc) is 2.28. The van der Waals surface area contributed by atoms with E-state index in [2.05, 4.69) is 21.9 Å². The van der Waals surface area contributed by atoms with Gasteiger partial charge in [0, 0.05) is 12.7 Å². The molecule has 88 valence electrons. The van der Waals surface area contributed by atoms with E-state index in [0.717, 1.165) is 17.7 Å². The fraction of sp³-hybridized carbons (Fsp3) is 0.455. The molecule has 16 heavy (non-hydrogen) atoms. The fourth-order valence-corrected chi connectivity index (χ4v) is 1.62. The number of nitrogens with zero attached hydrogens (tertiary/aromatic N) is 1. The van der Waals surface area contributed by atoms with Crippen molar-refractivity contribution in [1.82, 2.24) is 10.3 Å². The first-order chi connectivity index (χ1) is 7.74. The van der Waals surface area contributed by atoms with Crippen LogP contribution in [-0.4, -0.2) is 29.6 Å². The Kier molecular flexibility index (Phi) is 5.71. The molecule has 1 aromatic rings. The summed E-state index contributed by atoms with van der Waals surface area (Å²) in [7, 11) is 0. The molecular weight excluding hydrogens is 222 g/mol. The molecule has 0 spiro atoms. The van der Waals surface area contributed by atoms with E-state index in [1.165, 1.54) is 0 Å². The molecule has 2 N–H and O–H groups in total. The van der Waals surface area contributed by atoms with Gasteiger partial charge in [0.1, 0.15) is 5.82 Å². The van der Waals surface area contributed by atoms with Crippen LogP contribution in [0.25, 0.3) is 0 Å². The number of aryl methyl sites for hydroxylation is 1. The van der Waals surface area contributed by atoms with Crippen LogP contribution in [0.1, 0.15) is 12.0 Å². The van der Waals surface area contributed by atoms with Crippen molar-refractivity contribution in [2.24, 2.45) is 0 Å². The highest BCUT2D eigenvalue weighted by atomic mass is 32.2. The standard InChI is InChI=1S/C11H17N3OS/c1-9-5-3-6-12-10(9)14-11(15)13-7-4-8-16-2/h3,5-6H,4,7-8H2,1-2H3,(H2,12,13,14,15). The zero-order chi connectivity index (χ0) is 11.8. The Balaban J connectivity index is 2.32. The second-order valence-corrected chi connectivity index (χ2v) is 4.38. The third kappa shape index (κ3) is 4.53. The van der Waals surface area contributed by atoms with Gasteiger partial charge in [-0.15, -0.1) is 0 Å². The van der Waals surface area contributed by atoms with Crippen molar-refractivity contribution >= 4 is 23.6 Å². The van der Waals surface area contributed by atoms with E-state index in [-0.39, 0.29) is 6.03 Å². The van der Waals surface area contributed by atoms with Gasteiger partial charge in [0.25, 0.3) is 0 Å². The number of anilines is 1. The monoisotopic (exact) mass is 239 g/mol. The zero-order valence-corrected chi connectivity index (χ0v) is 10.4. The summed E-state index contributed by atoms with van der Waals surface area (Å²) in [6.45, 7) is 2.61. The summed E-state index contributed by atoms with van der Waals surface area (Å²) in [6, 6.07) is 3.57. The van der Waals surface area contributed by atoms with E-state index in [1.807, 2.05) is 19.1 Å². The third-order valence-corrected chi connectivity index (χ3v) is 2.75. The van der Waals surface area contributed by atoms with Crippen LogP contribution in [-0.2, 0) is 0 Å². The quantitative estimate of drug-likeness (QED) is 0.775. The number of amides is 2. The van der Waals surface area contributed by atoms with Crippen molar-refractivity contribution in [1.29, 1.82) is 0 Å². The summed E-state index contributed by atoms with van der Waals surface area (Å²) < 4.78 is 0. The highest BCUT2D eigenvalue weighted by Gasteiger charge is 2.03. The molecule has 0 atom stereocenters. The van der Waals surface area contributed by atoms with Gasteiger partial charge in [-0.3, -0.25) is 5.32 Å². The minimum atomic E-state index is -0.192. The molecule has 1 aromatic heterocycles. The second-order valence-electron chi connectivity index (χ2n) is 3.40. The summed E-state index contributed by atoms with van der Waals surface area (Å²) in [5.41, 5.74) is 0.960. The summed E-state index contributed by atoms with van der Waals surface area (Å²) in [5, 5.41) is 5.51. The van der Waals surface area contributed by atoms with Crippen molar-refractivity contribution in [2.75, 3.05) is 23.9 Å². The van der Waals surface area contributed by atoms with Gasteiger partial charge in [-0.2, -0.15) is 11.8 Å². The van der Waals surface area contributed by atoms with Crippen LogP contribution in [0.5, 0.6) is 0 Å². The Bertz CT molecular complexity index is 344. The number of carbonyl (C=O) groups excluding carboxylic acids is 1. The van der Waals surface area contributed by atoms with Crippen LogP contribution >= 0.6 is 11.8 Å². The minimum Gasteiger partial charge on any atom is -0.338 e. The second kappa shape index (κ2) is 7.11. The average molecular weight is 239 g/mol. The maximum atomic E-state index is 11.5. The van der Waals surface area contributed by atoms with Gasteiger partial charge in [0.15, 0.2) is 0 Å². The van der Waals surface area contributed by atoms with Crippen molar-refractivity contribution in [3.63, 3.8) is 0 Å². The van der Waals surface area contributed by atoms with Gasteiger partial charge in [0.05, 0.1) is 0 Å². The first-order valence-electron chi connectivity index (χ1n) is 5.19. The number of aromatic nitrogens is 1. The number of hydrogen-bond acceptors (Lipinski definition) is 3. The number of thioether (sulfide) groups is 1. The zero-order valence-electron chi connectivity index (χ0n) is 9.62. The van der Waals surface area contributed by atoms with Crippen LogP contribution in [0.4, 0.5) is 10.6 Å². The van der Waals surface area contributed by atoms with Crippen LogP contribution in [0.3, 0.4) is 0 Å². The number of carbonyl (C=O) groups is 1. The van der Waals surface area contributed by atoms with Gasteiger partial charge < -0.3 is 5.32 Å². The molecule has 0 fully saturated rings. The topological polar surface area (TPSA) is 54.0 Å². The molecule has 0 aliphatic heterocycles. The molecule has 5 heteroatoms. The van der Waals surface area contributed by atoms with Crippen molar-refractivity contribution in [3.05, 3.63) is 23.9 Å². The number of nitrogens with one attached hydrogen (secondary N) is 2. The predicted molar refractivity (Wildman–Crippen MR) is 69.0 cm³/mol. The molecule has 0 saturated heterocycles. The van der Waals surface area contributed by atoms with E-state index >= 15 is 0 Å². The molecule has 4 nitrogen and oxygen atoms in total. The van der Waals surface area contributed by atoms with Crippen LogP contribution < -0.4 is 10.6 Å². The van der Waals surface area contributed by atoms with Gasteiger partial charge in [-0.1, -0.05) is 6.07 Å². The Labute approximate surface area is 100 Å². The molecule has 0 aliphatic carbocycles. The summed E-state index contributed by atoms with van der Waals surface area (Å²) >= 11 is 1.78. The highest BCUT2D eigenvalue weighted by Crippen LogP contribution is 2.08. The maximum Gasteiger partial charge on any atom is 0.320 e. The Morgan fingerprint density at radius 2 is 2.38 bits per heavy atom. The molecule has 0 bridgehead atoms. The van der Waals surface area contributed by atoms with Crippen molar-refractivity contribution in [2.45, 2.75) is 13.3 Å². The lowest BCUT2D eigenvalue weighted by atomic mass is 10.3. The Hall–Kier alpha value is -1.23. The molecular formula is C11H17N3OS. The molecule has 2 amide bonds. The fourth-order valence-electron chi connectivity index (χ4n) is 1.19. The summed E-state index contributed by atoms with van der Waals surface area (Å²) in [6.07, 6.45) is 4.70. The molecule has 1 rings (SSSR count). The molecule has 0 unspecified atom stereocenters. The van der Waals surface area contributed by atoms with Crippen LogP contribution in [0, 0.1) is 6.92 Å². The SMILES string of the molecule is CSCCCNC(=O)Nc1ncccc1C. The van der Waals surface area contributed by atoms with Gasteiger partial charge in [-0.05, 0) is 37.0 Å². The normalized spacial score (nSPS) is 9.88. The summed E-state index contributed by atoms with van der Waals surface area (Å²) in [5.74, 6) is 1.67. The predicted octanol–water partition coefficient (Wildman–Crippen LogP) is 2.26. The Morgan fingerprint density at radius 3 is 3.06 bits per heavy atom. The maximum absolute atomic E-state index is 11.5. The Morgan fingerprint density at radius 1 is 1.56 bits per heavy atom. The van der Waals surface area contributed by atoms with Crippen molar-refractivity contribution in [3.8, 4) is 0 Å². The third-order valence-electron chi connectivity index (χ3n) is 2.05. The largest absolute Gasteiger partial charge is 0.338 e. The molecule has 0 saturated carbocycles. The smallest absolute Gasteiger partial charge is 0.320 e. The lowest BCUT2D eigenvalue weighted by Crippen LogP contribution is -2.30. The number of urea groups is 1. The number of rotatable bonds is 5. The van der Waals surface area contributed by atoms with E-state index in [4.69, 9.17) is 0 Å². The first kappa shape index (κ1) is 12.8. The molecule has 0 aliphatic rings. The van der Waals surface area contributed by atoms with E-state index in [0.29, 0.717) is 12.4 Å². The lowest BCUT2D eigenvalue weighted by molar-refractivity contribution is 0.252. The number of pyridine rings is 1. The van der Waals surface area contributed by atoms with Crippen LogP contribution in [0.15, 0.2) is 18.3 Å². The highest BCUT2D eigenvalue weighted by molar-refractivity contribution is 7.98. The molecule has 0 aromatic carbocycles. The van der Waals surface area contributed by atoms with Gasteiger partial charge in [-0.25, -0.2) is 9.78 Å². The van der Waals surface area contributed by atoms with E-state index < -0.39 is 0 Å². The van der Waals surface area contributed by atoms with E-state index in [1.54, 1.807) is 18.0 Å². The summed E-state index contributed by atoms with van der Waals surface area (Å²) in [4.78, 5) is 15.5. The van der Waals surface area contributed by atoms with Gasteiger partial charge >= 0.3 is 6.03 Å². The first-order valence-corrected chi connectivity index (χ1v) is 6.59. The van der Waals surface area contributed by atoms with E-state index in [9.17, 15) is 4.79 Å². The van der Waals surface area contributed by atoms with Gasteiger partial charge in [0.2, 0.25) is 0 Å². The molecule has 1 heterocycles. The van der Waals surface area contributed by atoms with Crippen molar-refractivity contribution < 1.29 is 4.79 Å².